The Morgan fingerprint density at radius 2 is 2.05 bits per heavy atom. The molecule has 0 saturated carbocycles. The molecule has 0 amide bonds. The lowest BCUT2D eigenvalue weighted by Gasteiger charge is -2.12. The minimum Gasteiger partial charge on any atom is -0.495 e. The van der Waals surface area contributed by atoms with Gasteiger partial charge in [-0.05, 0) is 12.1 Å². The predicted molar refractivity (Wildman–Crippen MR) is 82.1 cm³/mol. The molecule has 2 aromatic rings. The molecule has 1 N–H and O–H groups in total. The number of aromatic nitrogens is 2. The molecule has 0 radical (unpaired) electrons. The molecule has 1 heterocycles. The molecular weight excluding hydrogens is 288 g/mol. The largest absolute Gasteiger partial charge is 0.495 e. The summed E-state index contributed by atoms with van der Waals surface area (Å²) in [4.78, 5) is 8.60. The molecule has 0 aliphatic rings. The predicted octanol–water partition coefficient (Wildman–Crippen LogP) is 3.88. The van der Waals surface area contributed by atoms with Gasteiger partial charge in [0.2, 0.25) is 0 Å². The summed E-state index contributed by atoms with van der Waals surface area (Å²) < 4.78 is 5.28. The molecule has 0 atom stereocenters. The Labute approximate surface area is 128 Å². The molecule has 108 valence electrons. The third-order valence-electron chi connectivity index (χ3n) is 2.82. The molecule has 2 rings (SSSR count). The van der Waals surface area contributed by atoms with Gasteiger partial charge in [-0.3, -0.25) is 0 Å². The molecule has 5 nitrogen and oxygen atoms in total. The van der Waals surface area contributed by atoms with Crippen LogP contribution in [0.4, 0.5) is 11.5 Å². The number of benzene rings is 1. The number of nitrogens with zero attached hydrogens (tertiary/aromatic N) is 3. The fourth-order valence-corrected chi connectivity index (χ4v) is 1.95. The van der Waals surface area contributed by atoms with Crippen molar-refractivity contribution in [3.05, 3.63) is 40.8 Å². The normalized spacial score (nSPS) is 10.3. The van der Waals surface area contributed by atoms with E-state index in [4.69, 9.17) is 21.6 Å². The standard InChI is InChI=1S/C15H15ClN4O/c1-9(2)15-19-13(16)7-14(20-15)18-11-5-4-10(8-17)6-12(11)21-3/h4-7,9H,1-3H3,(H,18,19,20). The van der Waals surface area contributed by atoms with Crippen molar-refractivity contribution >= 4 is 23.1 Å². The Morgan fingerprint density at radius 3 is 2.67 bits per heavy atom. The molecule has 0 bridgehead atoms. The third kappa shape index (κ3) is 3.61. The molecule has 0 spiro atoms. The highest BCUT2D eigenvalue weighted by Crippen LogP contribution is 2.29. The van der Waals surface area contributed by atoms with E-state index < -0.39 is 0 Å². The lowest BCUT2D eigenvalue weighted by atomic mass is 10.2. The number of nitrogens with one attached hydrogen (secondary N) is 1. The minimum atomic E-state index is 0.173. The van der Waals surface area contributed by atoms with E-state index in [-0.39, 0.29) is 5.92 Å². The van der Waals surface area contributed by atoms with Crippen LogP contribution in [0, 0.1) is 11.3 Å². The average Bonchev–Trinajstić information content (AvgIpc) is 2.47. The number of rotatable bonds is 4. The van der Waals surface area contributed by atoms with E-state index in [0.717, 1.165) is 0 Å². The van der Waals surface area contributed by atoms with Crippen molar-refractivity contribution in [2.24, 2.45) is 0 Å². The Bertz CT molecular complexity index is 695. The molecule has 1 aromatic heterocycles. The molecular formula is C15H15ClN4O. The lowest BCUT2D eigenvalue weighted by Crippen LogP contribution is -2.03. The maximum Gasteiger partial charge on any atom is 0.143 e. The van der Waals surface area contributed by atoms with Crippen LogP contribution < -0.4 is 10.1 Å². The van der Waals surface area contributed by atoms with Gasteiger partial charge in [-0.2, -0.15) is 5.26 Å². The van der Waals surface area contributed by atoms with Gasteiger partial charge in [-0.1, -0.05) is 25.4 Å². The second kappa shape index (κ2) is 6.42. The first-order chi connectivity index (χ1) is 10.0. The fraction of sp³-hybridized carbons (Fsp3) is 0.267. The Hall–Kier alpha value is -2.32. The summed E-state index contributed by atoms with van der Waals surface area (Å²) in [6, 6.07) is 8.85. The van der Waals surface area contributed by atoms with Crippen LogP contribution in [0.1, 0.15) is 31.2 Å². The first kappa shape index (κ1) is 15.1. The summed E-state index contributed by atoms with van der Waals surface area (Å²) in [7, 11) is 1.55. The lowest BCUT2D eigenvalue weighted by molar-refractivity contribution is 0.416. The summed E-state index contributed by atoms with van der Waals surface area (Å²) >= 11 is 6.02. The zero-order chi connectivity index (χ0) is 15.4. The van der Waals surface area contributed by atoms with Crippen LogP contribution in [0.3, 0.4) is 0 Å². The van der Waals surface area contributed by atoms with E-state index in [2.05, 4.69) is 21.4 Å². The van der Waals surface area contributed by atoms with E-state index >= 15 is 0 Å². The zero-order valence-electron chi connectivity index (χ0n) is 12.0. The van der Waals surface area contributed by atoms with Gasteiger partial charge in [0.1, 0.15) is 22.5 Å². The van der Waals surface area contributed by atoms with Gasteiger partial charge >= 0.3 is 0 Å². The van der Waals surface area contributed by atoms with E-state index in [1.165, 1.54) is 0 Å². The Balaban J connectivity index is 2.36. The summed E-state index contributed by atoms with van der Waals surface area (Å²) in [6.45, 7) is 4.00. The molecule has 0 fully saturated rings. The van der Waals surface area contributed by atoms with Gasteiger partial charge < -0.3 is 10.1 Å². The number of nitriles is 1. The Morgan fingerprint density at radius 1 is 1.29 bits per heavy atom. The zero-order valence-corrected chi connectivity index (χ0v) is 12.8. The summed E-state index contributed by atoms with van der Waals surface area (Å²) in [5.74, 6) is 1.99. The van der Waals surface area contributed by atoms with E-state index in [1.54, 1.807) is 31.4 Å². The van der Waals surface area contributed by atoms with Crippen LogP contribution >= 0.6 is 11.6 Å². The highest BCUT2D eigenvalue weighted by atomic mass is 35.5. The van der Waals surface area contributed by atoms with Crippen molar-refractivity contribution in [1.29, 1.82) is 5.26 Å². The van der Waals surface area contributed by atoms with Gasteiger partial charge in [-0.15, -0.1) is 0 Å². The molecule has 21 heavy (non-hydrogen) atoms. The van der Waals surface area contributed by atoms with E-state index in [1.807, 2.05) is 13.8 Å². The van der Waals surface area contributed by atoms with Crippen molar-refractivity contribution in [1.82, 2.24) is 9.97 Å². The summed E-state index contributed by atoms with van der Waals surface area (Å²) in [5, 5.41) is 12.4. The Kier molecular flexibility index (Phi) is 4.61. The van der Waals surface area contributed by atoms with Crippen molar-refractivity contribution in [2.75, 3.05) is 12.4 Å². The topological polar surface area (TPSA) is 70.8 Å². The van der Waals surface area contributed by atoms with Gasteiger partial charge in [0.15, 0.2) is 0 Å². The van der Waals surface area contributed by atoms with Gasteiger partial charge in [-0.25, -0.2) is 9.97 Å². The van der Waals surface area contributed by atoms with Crippen LogP contribution in [-0.2, 0) is 0 Å². The fourth-order valence-electron chi connectivity index (χ4n) is 1.76. The SMILES string of the molecule is COc1cc(C#N)ccc1Nc1cc(Cl)nc(C(C)C)n1. The molecule has 0 unspecified atom stereocenters. The first-order valence-corrected chi connectivity index (χ1v) is 6.81. The molecule has 0 aliphatic carbocycles. The second-order valence-corrected chi connectivity index (χ2v) is 5.13. The number of ether oxygens (including phenoxy) is 1. The molecule has 6 heteroatoms. The number of hydrogen-bond donors (Lipinski definition) is 1. The van der Waals surface area contributed by atoms with Crippen LogP contribution in [0.2, 0.25) is 5.15 Å². The quantitative estimate of drug-likeness (QED) is 0.868. The van der Waals surface area contributed by atoms with Crippen molar-refractivity contribution in [3.8, 4) is 11.8 Å². The molecule has 0 saturated heterocycles. The average molecular weight is 303 g/mol. The highest BCUT2D eigenvalue weighted by Gasteiger charge is 2.10. The molecule has 1 aromatic carbocycles. The van der Waals surface area contributed by atoms with Crippen LogP contribution in [0.25, 0.3) is 0 Å². The van der Waals surface area contributed by atoms with Crippen molar-refractivity contribution in [3.63, 3.8) is 0 Å². The van der Waals surface area contributed by atoms with Crippen molar-refractivity contribution < 1.29 is 4.74 Å². The van der Waals surface area contributed by atoms with Crippen molar-refractivity contribution in [2.45, 2.75) is 19.8 Å². The summed E-state index contributed by atoms with van der Waals surface area (Å²) in [5.41, 5.74) is 1.24. The monoisotopic (exact) mass is 302 g/mol. The highest BCUT2D eigenvalue weighted by molar-refractivity contribution is 6.29. The smallest absolute Gasteiger partial charge is 0.143 e. The third-order valence-corrected chi connectivity index (χ3v) is 3.02. The second-order valence-electron chi connectivity index (χ2n) is 4.74. The van der Waals surface area contributed by atoms with Crippen LogP contribution in [0.5, 0.6) is 5.75 Å². The number of methoxy groups -OCH3 is 1. The number of anilines is 2. The minimum absolute atomic E-state index is 0.173. The first-order valence-electron chi connectivity index (χ1n) is 6.43. The van der Waals surface area contributed by atoms with Gasteiger partial charge in [0.25, 0.3) is 0 Å². The van der Waals surface area contributed by atoms with E-state index in [9.17, 15) is 0 Å². The molecule has 0 aliphatic heterocycles. The maximum atomic E-state index is 8.91. The number of halogens is 1. The van der Waals surface area contributed by atoms with Gasteiger partial charge in [0.05, 0.1) is 24.4 Å². The van der Waals surface area contributed by atoms with E-state index in [0.29, 0.717) is 33.8 Å². The van der Waals surface area contributed by atoms with Crippen LogP contribution in [0.15, 0.2) is 24.3 Å². The summed E-state index contributed by atoms with van der Waals surface area (Å²) in [6.07, 6.45) is 0. The van der Waals surface area contributed by atoms with Gasteiger partial charge in [0, 0.05) is 18.1 Å². The maximum absolute atomic E-state index is 8.91. The number of hydrogen-bond acceptors (Lipinski definition) is 5. The van der Waals surface area contributed by atoms with Crippen LogP contribution in [-0.4, -0.2) is 17.1 Å².